The summed E-state index contributed by atoms with van der Waals surface area (Å²) < 4.78 is 5.74. The minimum atomic E-state index is -1.09. The van der Waals surface area contributed by atoms with E-state index in [1.54, 1.807) is 24.3 Å². The third-order valence-corrected chi connectivity index (χ3v) is 4.57. The highest BCUT2D eigenvalue weighted by atomic mass is 16.5. The molecule has 0 N–H and O–H groups in total. The van der Waals surface area contributed by atoms with Crippen molar-refractivity contribution < 1.29 is 19.4 Å². The Bertz CT molecular complexity index is 574. The van der Waals surface area contributed by atoms with Gasteiger partial charge >= 0.3 is 0 Å². The average molecular weight is 329 g/mol. The number of hydrogen-bond acceptors (Lipinski definition) is 4. The van der Waals surface area contributed by atoms with E-state index in [-0.39, 0.29) is 12.3 Å². The summed E-state index contributed by atoms with van der Waals surface area (Å²) in [5.41, 5.74) is 0.700. The van der Waals surface area contributed by atoms with E-state index in [0.29, 0.717) is 30.3 Å². The summed E-state index contributed by atoms with van der Waals surface area (Å²) in [6.45, 7) is 2.67. The number of Topliss-reactive ketones (excluding diaryl/α,β-unsaturated/α-hetero) is 1. The molecule has 130 valence electrons. The molecule has 0 spiro atoms. The molecule has 2 atom stereocenters. The van der Waals surface area contributed by atoms with Gasteiger partial charge in [-0.25, -0.2) is 0 Å². The van der Waals surface area contributed by atoms with Gasteiger partial charge in [-0.15, -0.1) is 0 Å². The van der Waals surface area contributed by atoms with Gasteiger partial charge < -0.3 is 14.6 Å². The van der Waals surface area contributed by atoms with Crippen LogP contribution in [0.15, 0.2) is 36.4 Å². The molecule has 0 heterocycles. The molecule has 0 radical (unpaired) electrons. The highest BCUT2D eigenvalue weighted by Gasteiger charge is 2.33. The molecule has 1 saturated carbocycles. The van der Waals surface area contributed by atoms with E-state index in [4.69, 9.17) is 4.74 Å². The quantitative estimate of drug-likeness (QED) is 0.653. The second-order valence-electron chi connectivity index (χ2n) is 6.32. The Kier molecular flexibility index (Phi) is 7.04. The molecule has 1 fully saturated rings. The van der Waals surface area contributed by atoms with Crippen molar-refractivity contribution in [3.63, 3.8) is 0 Å². The average Bonchev–Trinajstić information content (AvgIpc) is 2.90. The zero-order valence-corrected chi connectivity index (χ0v) is 14.2. The molecule has 0 aliphatic heterocycles. The molecule has 1 aliphatic rings. The molecule has 4 nitrogen and oxygen atoms in total. The van der Waals surface area contributed by atoms with E-state index < -0.39 is 5.97 Å². The van der Waals surface area contributed by atoms with Crippen molar-refractivity contribution in [3.8, 4) is 5.75 Å². The second-order valence-corrected chi connectivity index (χ2v) is 6.32. The van der Waals surface area contributed by atoms with Gasteiger partial charge in [0.2, 0.25) is 0 Å². The maximum absolute atomic E-state index is 12.0. The van der Waals surface area contributed by atoms with Crippen molar-refractivity contribution in [2.24, 2.45) is 11.8 Å². The summed E-state index contributed by atoms with van der Waals surface area (Å²) in [5.74, 6) is 0.562. The van der Waals surface area contributed by atoms with Crippen LogP contribution >= 0.6 is 0 Å². The molecule has 0 amide bonds. The van der Waals surface area contributed by atoms with Gasteiger partial charge in [0.1, 0.15) is 11.5 Å². The highest BCUT2D eigenvalue weighted by Crippen LogP contribution is 2.34. The molecule has 1 aromatic rings. The monoisotopic (exact) mass is 329 g/mol. The number of aliphatic carboxylic acids is 1. The van der Waals surface area contributed by atoms with Crippen LogP contribution in [0.2, 0.25) is 0 Å². The van der Waals surface area contributed by atoms with Crippen molar-refractivity contribution in [1.29, 1.82) is 0 Å². The Morgan fingerprint density at radius 2 is 2.04 bits per heavy atom. The van der Waals surface area contributed by atoms with Gasteiger partial charge in [-0.05, 0) is 49.3 Å². The number of allylic oxidation sites excluding steroid dienone is 2. The first-order valence-corrected chi connectivity index (χ1v) is 8.69. The van der Waals surface area contributed by atoms with Crippen molar-refractivity contribution in [3.05, 3.63) is 42.0 Å². The summed E-state index contributed by atoms with van der Waals surface area (Å²) in [6.07, 6.45) is 8.52. The molecule has 0 bridgehead atoms. The topological polar surface area (TPSA) is 66.4 Å². The molecule has 2 rings (SSSR count). The van der Waals surface area contributed by atoms with E-state index >= 15 is 0 Å². The van der Waals surface area contributed by atoms with Crippen molar-refractivity contribution in [2.75, 3.05) is 6.61 Å². The smallest absolute Gasteiger partial charge is 0.136 e. The molecular formula is C20H25O4-. The molecule has 0 saturated heterocycles. The molecule has 1 aromatic carbocycles. The van der Waals surface area contributed by atoms with Crippen LogP contribution in [0.4, 0.5) is 0 Å². The fraction of sp³-hybridized carbons (Fsp3) is 0.500. The van der Waals surface area contributed by atoms with Crippen LogP contribution in [-0.2, 0) is 16.0 Å². The van der Waals surface area contributed by atoms with Crippen LogP contribution in [0.3, 0.4) is 0 Å². The maximum Gasteiger partial charge on any atom is 0.136 e. The van der Waals surface area contributed by atoms with Crippen LogP contribution in [-0.4, -0.2) is 18.4 Å². The molecule has 24 heavy (non-hydrogen) atoms. The zero-order valence-electron chi connectivity index (χ0n) is 14.2. The summed E-state index contributed by atoms with van der Waals surface area (Å²) >= 11 is 0. The Morgan fingerprint density at radius 3 is 2.71 bits per heavy atom. The third-order valence-electron chi connectivity index (χ3n) is 4.57. The van der Waals surface area contributed by atoms with Gasteiger partial charge in [0.05, 0.1) is 6.61 Å². The standard InChI is InChI=1S/C20H26O4/c1-2-3-4-5-18-16(8-11-19(18)21)12-13-24-17-9-6-15(7-10-17)14-20(22)23/h3-4,6-7,9-10,16,18H,2,5,8,11-14H2,1H3,(H,22,23)/p-1/b4-3-/t16-,18-/m1/s1. The predicted molar refractivity (Wildman–Crippen MR) is 90.5 cm³/mol. The van der Waals surface area contributed by atoms with E-state index in [1.807, 2.05) is 0 Å². The third kappa shape index (κ3) is 5.52. The largest absolute Gasteiger partial charge is 0.550 e. The normalized spacial score (nSPS) is 20.6. The van der Waals surface area contributed by atoms with Crippen LogP contribution in [0, 0.1) is 11.8 Å². The Labute approximate surface area is 143 Å². The molecule has 4 heteroatoms. The fourth-order valence-electron chi connectivity index (χ4n) is 3.25. The lowest BCUT2D eigenvalue weighted by Gasteiger charge is -2.17. The zero-order chi connectivity index (χ0) is 17.4. The number of carbonyl (C=O) groups excluding carboxylic acids is 2. The van der Waals surface area contributed by atoms with E-state index in [2.05, 4.69) is 19.1 Å². The fourth-order valence-corrected chi connectivity index (χ4v) is 3.25. The summed E-state index contributed by atoms with van der Waals surface area (Å²) in [6, 6.07) is 7.03. The highest BCUT2D eigenvalue weighted by molar-refractivity contribution is 5.83. The first-order chi connectivity index (χ1) is 11.6. The van der Waals surface area contributed by atoms with Crippen LogP contribution in [0.25, 0.3) is 0 Å². The molecule has 0 aromatic heterocycles. The molecule has 0 unspecified atom stereocenters. The first kappa shape index (κ1) is 18.2. The number of carboxylic acids is 1. The second kappa shape index (κ2) is 9.26. The van der Waals surface area contributed by atoms with Crippen molar-refractivity contribution in [2.45, 2.75) is 45.4 Å². The summed E-state index contributed by atoms with van der Waals surface area (Å²) in [4.78, 5) is 22.6. The van der Waals surface area contributed by atoms with Gasteiger partial charge in [-0.1, -0.05) is 31.2 Å². The molecule has 1 aliphatic carbocycles. The van der Waals surface area contributed by atoms with Gasteiger partial charge in [0, 0.05) is 24.7 Å². The summed E-state index contributed by atoms with van der Waals surface area (Å²) in [5, 5.41) is 10.5. The van der Waals surface area contributed by atoms with Gasteiger partial charge in [0.15, 0.2) is 0 Å². The summed E-state index contributed by atoms with van der Waals surface area (Å²) in [7, 11) is 0. The minimum Gasteiger partial charge on any atom is -0.550 e. The Balaban J connectivity index is 1.79. The van der Waals surface area contributed by atoms with Crippen LogP contribution < -0.4 is 9.84 Å². The van der Waals surface area contributed by atoms with Gasteiger partial charge in [-0.3, -0.25) is 4.79 Å². The lowest BCUT2D eigenvalue weighted by Crippen LogP contribution is -2.24. The minimum absolute atomic E-state index is 0.0859. The first-order valence-electron chi connectivity index (χ1n) is 8.69. The Hall–Kier alpha value is -2.10. The Morgan fingerprint density at radius 1 is 1.29 bits per heavy atom. The number of hydrogen-bond donors (Lipinski definition) is 0. The predicted octanol–water partition coefficient (Wildman–Crippen LogP) is 2.70. The van der Waals surface area contributed by atoms with Gasteiger partial charge in [-0.2, -0.15) is 0 Å². The van der Waals surface area contributed by atoms with E-state index in [1.165, 1.54) is 0 Å². The SMILES string of the molecule is CC/C=C\C[C@H]1C(=O)CC[C@@H]1CCOc1ccc(CC(=O)[O-])cc1. The van der Waals surface area contributed by atoms with Crippen molar-refractivity contribution in [1.82, 2.24) is 0 Å². The van der Waals surface area contributed by atoms with Gasteiger partial charge in [0.25, 0.3) is 0 Å². The van der Waals surface area contributed by atoms with E-state index in [9.17, 15) is 14.7 Å². The molecular weight excluding hydrogens is 304 g/mol. The number of benzene rings is 1. The number of ketones is 1. The van der Waals surface area contributed by atoms with Crippen molar-refractivity contribution >= 4 is 11.8 Å². The number of rotatable bonds is 9. The number of carbonyl (C=O) groups is 2. The number of carboxylic acid groups (broad SMARTS) is 1. The lowest BCUT2D eigenvalue weighted by atomic mass is 9.90. The van der Waals surface area contributed by atoms with Crippen LogP contribution in [0.1, 0.15) is 44.6 Å². The number of ether oxygens (including phenoxy) is 1. The van der Waals surface area contributed by atoms with Crippen LogP contribution in [0.5, 0.6) is 5.75 Å². The van der Waals surface area contributed by atoms with E-state index in [0.717, 1.165) is 31.4 Å². The maximum atomic E-state index is 12.0. The lowest BCUT2D eigenvalue weighted by molar-refractivity contribution is -0.304.